The average molecular weight is 570 g/mol. The smallest absolute Gasteiger partial charge is 0.289 e. The number of nitrogens with one attached hydrogen (secondary N) is 4. The average Bonchev–Trinajstić information content (AvgIpc) is 2.83. The van der Waals surface area contributed by atoms with Gasteiger partial charge in [-0.15, -0.1) is 37.2 Å². The Hall–Kier alpha value is -2.88. The second kappa shape index (κ2) is 15.4. The third kappa shape index (κ3) is 8.87. The number of aromatic nitrogens is 3. The molecule has 37 heavy (non-hydrogen) atoms. The summed E-state index contributed by atoms with van der Waals surface area (Å²) in [5.74, 6) is 0.454. The Morgan fingerprint density at radius 2 is 1.86 bits per heavy atom. The summed E-state index contributed by atoms with van der Waals surface area (Å²) < 4.78 is 0. The minimum Gasteiger partial charge on any atom is -0.370 e. The molecule has 6 N–H and O–H groups in total. The van der Waals surface area contributed by atoms with Gasteiger partial charge in [-0.3, -0.25) is 15.2 Å². The number of halogens is 3. The lowest BCUT2D eigenvalue weighted by Crippen LogP contribution is -2.50. The first kappa shape index (κ1) is 32.1. The van der Waals surface area contributed by atoms with E-state index in [2.05, 4.69) is 30.9 Å². The SMILES string of the molecule is Cc1ccc2nc(C(=O)NCCCc3cccnc3)nc(N[C@H]3CCCC[C@H]3NC(=N)N)c2c1.Cl.Cl.Cl. The summed E-state index contributed by atoms with van der Waals surface area (Å²) in [4.78, 5) is 26.2. The molecule has 1 aliphatic carbocycles. The number of nitrogens with zero attached hydrogens (tertiary/aromatic N) is 3. The topological polar surface area (TPSA) is 142 Å². The molecule has 1 amide bonds. The van der Waals surface area contributed by atoms with Gasteiger partial charge in [-0.2, -0.15) is 0 Å². The van der Waals surface area contributed by atoms with E-state index in [0.29, 0.717) is 12.4 Å². The number of rotatable bonds is 8. The standard InChI is InChI=1S/C25H32N8O.3ClH/c1-16-10-11-19-18(14-16)22(31-20-8-2-3-9-21(20)32-25(26)27)33-23(30-19)24(34)29-13-5-7-17-6-4-12-28-15-17;;;/h4,6,10-12,14-15,20-21H,2-3,5,7-9,13H2,1H3,(H,29,34)(H4,26,27,32)(H,30,31,33);3*1H/t20-,21+;;;/m0.../s1. The molecule has 2 heterocycles. The number of anilines is 1. The van der Waals surface area contributed by atoms with Crippen molar-refractivity contribution in [2.45, 2.75) is 57.5 Å². The number of carbonyl (C=O) groups is 1. The molecular weight excluding hydrogens is 535 g/mol. The lowest BCUT2D eigenvalue weighted by molar-refractivity contribution is 0.0943. The molecule has 0 aliphatic heterocycles. The maximum absolute atomic E-state index is 12.9. The predicted molar refractivity (Wildman–Crippen MR) is 156 cm³/mol. The van der Waals surface area contributed by atoms with Crippen molar-refractivity contribution in [2.75, 3.05) is 11.9 Å². The molecule has 0 bridgehead atoms. The second-order valence-corrected chi connectivity index (χ2v) is 8.84. The molecule has 12 heteroatoms. The number of aryl methyl sites for hydroxylation is 2. The van der Waals surface area contributed by atoms with Crippen LogP contribution in [0.15, 0.2) is 42.7 Å². The number of amides is 1. The number of fused-ring (bicyclic) bond motifs is 1. The summed E-state index contributed by atoms with van der Waals surface area (Å²) in [5.41, 5.74) is 8.56. The van der Waals surface area contributed by atoms with Gasteiger partial charge >= 0.3 is 0 Å². The van der Waals surface area contributed by atoms with Crippen LogP contribution in [0, 0.1) is 12.3 Å². The number of pyridine rings is 1. The van der Waals surface area contributed by atoms with Crippen LogP contribution in [0.2, 0.25) is 0 Å². The Labute approximate surface area is 235 Å². The van der Waals surface area contributed by atoms with Gasteiger partial charge in [-0.05, 0) is 56.4 Å². The highest BCUT2D eigenvalue weighted by molar-refractivity contribution is 5.96. The van der Waals surface area contributed by atoms with Crippen LogP contribution in [0.25, 0.3) is 10.9 Å². The Balaban J connectivity index is 0.00000228. The minimum atomic E-state index is -0.293. The number of nitrogens with two attached hydrogens (primary N) is 1. The summed E-state index contributed by atoms with van der Waals surface area (Å²) in [7, 11) is 0. The van der Waals surface area contributed by atoms with Crippen molar-refractivity contribution in [3.05, 3.63) is 59.7 Å². The van der Waals surface area contributed by atoms with Gasteiger partial charge in [0.15, 0.2) is 5.96 Å². The maximum atomic E-state index is 12.9. The van der Waals surface area contributed by atoms with E-state index < -0.39 is 0 Å². The first-order valence-corrected chi connectivity index (χ1v) is 11.8. The van der Waals surface area contributed by atoms with Gasteiger partial charge < -0.3 is 21.7 Å². The molecule has 1 aliphatic rings. The van der Waals surface area contributed by atoms with Gasteiger partial charge in [0, 0.05) is 36.4 Å². The fraction of sp³-hybridized carbons (Fsp3) is 0.400. The summed E-state index contributed by atoms with van der Waals surface area (Å²) in [6.07, 6.45) is 9.25. The van der Waals surface area contributed by atoms with E-state index in [1.54, 1.807) is 6.20 Å². The van der Waals surface area contributed by atoms with E-state index in [-0.39, 0.29) is 67.0 Å². The van der Waals surface area contributed by atoms with E-state index in [0.717, 1.165) is 60.6 Å². The molecule has 3 aromatic rings. The molecule has 1 fully saturated rings. The Bertz CT molecular complexity index is 1170. The van der Waals surface area contributed by atoms with Crippen LogP contribution >= 0.6 is 37.2 Å². The molecule has 0 saturated heterocycles. The van der Waals surface area contributed by atoms with Gasteiger partial charge in [0.2, 0.25) is 5.82 Å². The van der Waals surface area contributed by atoms with Crippen LogP contribution in [0.5, 0.6) is 0 Å². The van der Waals surface area contributed by atoms with Crippen LogP contribution in [-0.4, -0.2) is 45.4 Å². The highest BCUT2D eigenvalue weighted by Crippen LogP contribution is 2.27. The van der Waals surface area contributed by atoms with Crippen molar-refractivity contribution in [2.24, 2.45) is 5.73 Å². The maximum Gasteiger partial charge on any atom is 0.289 e. The summed E-state index contributed by atoms with van der Waals surface area (Å²) >= 11 is 0. The molecule has 2 atom stereocenters. The number of hydrogen-bond acceptors (Lipinski definition) is 6. The summed E-state index contributed by atoms with van der Waals surface area (Å²) in [5, 5.41) is 18.1. The molecule has 9 nitrogen and oxygen atoms in total. The van der Waals surface area contributed by atoms with Crippen LogP contribution in [-0.2, 0) is 6.42 Å². The zero-order valence-electron chi connectivity index (χ0n) is 20.7. The van der Waals surface area contributed by atoms with Crippen molar-refractivity contribution in [1.82, 2.24) is 25.6 Å². The number of hydrogen-bond donors (Lipinski definition) is 5. The zero-order chi connectivity index (χ0) is 23.9. The van der Waals surface area contributed by atoms with E-state index in [9.17, 15) is 4.79 Å². The van der Waals surface area contributed by atoms with Gasteiger partial charge in [0.05, 0.1) is 5.52 Å². The monoisotopic (exact) mass is 568 g/mol. The third-order valence-electron chi connectivity index (χ3n) is 6.13. The number of guanidine groups is 1. The number of benzene rings is 1. The van der Waals surface area contributed by atoms with E-state index >= 15 is 0 Å². The van der Waals surface area contributed by atoms with Crippen LogP contribution in [0.3, 0.4) is 0 Å². The predicted octanol–water partition coefficient (Wildman–Crippen LogP) is 4.17. The molecular formula is C25H35Cl3N8O. The van der Waals surface area contributed by atoms with Crippen LogP contribution in [0.1, 0.15) is 53.8 Å². The molecule has 1 saturated carbocycles. The molecule has 0 radical (unpaired) electrons. The summed E-state index contributed by atoms with van der Waals surface area (Å²) in [6, 6.07) is 9.95. The highest BCUT2D eigenvalue weighted by Gasteiger charge is 2.27. The first-order valence-electron chi connectivity index (χ1n) is 11.8. The Morgan fingerprint density at radius 3 is 2.57 bits per heavy atom. The van der Waals surface area contributed by atoms with Crippen molar-refractivity contribution in [3.8, 4) is 0 Å². The molecule has 4 rings (SSSR count). The molecule has 2 aromatic heterocycles. The third-order valence-corrected chi connectivity index (χ3v) is 6.13. The van der Waals surface area contributed by atoms with Gasteiger partial charge in [0.1, 0.15) is 5.82 Å². The van der Waals surface area contributed by atoms with E-state index in [1.807, 2.05) is 43.5 Å². The summed E-state index contributed by atoms with van der Waals surface area (Å²) in [6.45, 7) is 2.55. The number of carbonyl (C=O) groups excluding carboxylic acids is 1. The van der Waals surface area contributed by atoms with Gasteiger partial charge in [0.25, 0.3) is 5.91 Å². The lowest BCUT2D eigenvalue weighted by Gasteiger charge is -2.33. The fourth-order valence-corrected chi connectivity index (χ4v) is 4.43. The molecule has 202 valence electrons. The van der Waals surface area contributed by atoms with Crippen molar-refractivity contribution in [1.29, 1.82) is 5.41 Å². The zero-order valence-corrected chi connectivity index (χ0v) is 23.1. The van der Waals surface area contributed by atoms with E-state index in [4.69, 9.17) is 11.1 Å². The lowest BCUT2D eigenvalue weighted by atomic mass is 9.90. The Morgan fingerprint density at radius 1 is 1.11 bits per heavy atom. The first-order chi connectivity index (χ1) is 16.5. The van der Waals surface area contributed by atoms with Crippen molar-refractivity contribution >= 4 is 65.8 Å². The largest absolute Gasteiger partial charge is 0.370 e. The van der Waals surface area contributed by atoms with Crippen molar-refractivity contribution in [3.63, 3.8) is 0 Å². The molecule has 0 unspecified atom stereocenters. The minimum absolute atomic E-state index is 0. The van der Waals surface area contributed by atoms with Crippen LogP contribution in [0.4, 0.5) is 5.82 Å². The van der Waals surface area contributed by atoms with Gasteiger partial charge in [-0.25, -0.2) is 9.97 Å². The molecule has 0 spiro atoms. The quantitative estimate of drug-likeness (QED) is 0.156. The van der Waals surface area contributed by atoms with Crippen molar-refractivity contribution < 1.29 is 4.79 Å². The fourth-order valence-electron chi connectivity index (χ4n) is 4.43. The Kier molecular flexibility index (Phi) is 13.4. The normalized spacial score (nSPS) is 16.4. The molecule has 1 aromatic carbocycles. The van der Waals surface area contributed by atoms with Gasteiger partial charge in [-0.1, -0.05) is 30.5 Å². The van der Waals surface area contributed by atoms with E-state index in [1.165, 1.54) is 0 Å². The van der Waals surface area contributed by atoms with Crippen LogP contribution < -0.4 is 21.7 Å². The second-order valence-electron chi connectivity index (χ2n) is 8.84. The highest BCUT2D eigenvalue weighted by atomic mass is 35.5.